The molecular weight excluding hydrogens is 286 g/mol. The standard InChI is InChI=1S/C16H27NO5/c1-5-22-11-9-16(13(19)20,14(11,2)3)17-12(18)10-15(21-4)7-6-8-15/h11H,5-10H2,1-4H3,(H,17,18)(H,19,20). The Hall–Kier alpha value is -1.14. The van der Waals surface area contributed by atoms with Crippen molar-refractivity contribution in [1.29, 1.82) is 0 Å². The number of aliphatic carboxylic acids is 1. The Morgan fingerprint density at radius 3 is 2.32 bits per heavy atom. The molecule has 2 aliphatic rings. The summed E-state index contributed by atoms with van der Waals surface area (Å²) in [5.74, 6) is -1.26. The largest absolute Gasteiger partial charge is 0.479 e. The second-order valence-electron chi connectivity index (χ2n) is 7.05. The molecule has 22 heavy (non-hydrogen) atoms. The van der Waals surface area contributed by atoms with E-state index < -0.39 is 22.5 Å². The number of rotatable bonds is 7. The Kier molecular flexibility index (Phi) is 4.55. The van der Waals surface area contributed by atoms with E-state index in [1.807, 2.05) is 20.8 Å². The molecule has 0 bridgehead atoms. The van der Waals surface area contributed by atoms with Gasteiger partial charge in [-0.3, -0.25) is 4.79 Å². The van der Waals surface area contributed by atoms with E-state index in [0.717, 1.165) is 19.3 Å². The molecule has 2 atom stereocenters. The van der Waals surface area contributed by atoms with Crippen molar-refractivity contribution in [2.45, 2.75) is 70.1 Å². The third-order valence-electron chi connectivity index (χ3n) is 5.66. The summed E-state index contributed by atoms with van der Waals surface area (Å²) in [6.07, 6.45) is 3.10. The van der Waals surface area contributed by atoms with Crippen LogP contribution >= 0.6 is 0 Å². The molecule has 2 rings (SSSR count). The van der Waals surface area contributed by atoms with Gasteiger partial charge in [-0.1, -0.05) is 13.8 Å². The quantitative estimate of drug-likeness (QED) is 0.747. The Bertz CT molecular complexity index is 452. The molecule has 2 aliphatic carbocycles. The van der Waals surface area contributed by atoms with Crippen molar-refractivity contribution >= 4 is 11.9 Å². The maximum Gasteiger partial charge on any atom is 0.330 e. The highest BCUT2D eigenvalue weighted by molar-refractivity contribution is 5.89. The molecular formula is C16H27NO5. The SMILES string of the molecule is CCOC1CC(NC(=O)CC2(OC)CCC2)(C(=O)O)C1(C)C. The average molecular weight is 313 g/mol. The zero-order valence-electron chi connectivity index (χ0n) is 13.9. The van der Waals surface area contributed by atoms with Gasteiger partial charge in [-0.25, -0.2) is 4.79 Å². The summed E-state index contributed by atoms with van der Waals surface area (Å²) in [5, 5.41) is 12.4. The number of amides is 1. The third kappa shape index (κ3) is 2.52. The molecule has 6 heteroatoms. The zero-order chi connectivity index (χ0) is 16.6. The van der Waals surface area contributed by atoms with Crippen LogP contribution in [0.4, 0.5) is 0 Å². The van der Waals surface area contributed by atoms with E-state index in [2.05, 4.69) is 5.32 Å². The molecule has 0 radical (unpaired) electrons. The molecule has 6 nitrogen and oxygen atoms in total. The normalized spacial score (nSPS) is 31.7. The van der Waals surface area contributed by atoms with Crippen LogP contribution in [-0.2, 0) is 19.1 Å². The monoisotopic (exact) mass is 313 g/mol. The molecule has 0 aromatic rings. The molecule has 0 spiro atoms. The molecule has 0 aromatic heterocycles. The summed E-state index contributed by atoms with van der Waals surface area (Å²) in [6, 6.07) is 0. The summed E-state index contributed by atoms with van der Waals surface area (Å²) < 4.78 is 11.0. The molecule has 0 saturated heterocycles. The van der Waals surface area contributed by atoms with Gasteiger partial charge in [0.1, 0.15) is 5.54 Å². The van der Waals surface area contributed by atoms with Crippen LogP contribution in [0.3, 0.4) is 0 Å². The molecule has 0 aliphatic heterocycles. The highest BCUT2D eigenvalue weighted by Crippen LogP contribution is 2.51. The van der Waals surface area contributed by atoms with Crippen LogP contribution in [0.5, 0.6) is 0 Å². The van der Waals surface area contributed by atoms with Gasteiger partial charge in [-0.05, 0) is 26.2 Å². The average Bonchev–Trinajstić information content (AvgIpc) is 2.41. The van der Waals surface area contributed by atoms with Gasteiger partial charge in [-0.2, -0.15) is 0 Å². The second kappa shape index (κ2) is 5.81. The minimum absolute atomic E-state index is 0.158. The highest BCUT2D eigenvalue weighted by atomic mass is 16.5. The van der Waals surface area contributed by atoms with Crippen molar-refractivity contribution in [3.63, 3.8) is 0 Å². The lowest BCUT2D eigenvalue weighted by Gasteiger charge is -2.58. The lowest BCUT2D eigenvalue weighted by molar-refractivity contribution is -0.195. The molecule has 2 saturated carbocycles. The van der Waals surface area contributed by atoms with Crippen molar-refractivity contribution in [2.24, 2.45) is 5.41 Å². The van der Waals surface area contributed by atoms with Gasteiger partial charge in [0.2, 0.25) is 5.91 Å². The van der Waals surface area contributed by atoms with Gasteiger partial charge in [-0.15, -0.1) is 0 Å². The predicted molar refractivity (Wildman–Crippen MR) is 80.5 cm³/mol. The Morgan fingerprint density at radius 2 is 1.95 bits per heavy atom. The predicted octanol–water partition coefficient (Wildman–Crippen LogP) is 1.72. The van der Waals surface area contributed by atoms with Gasteiger partial charge in [0.15, 0.2) is 0 Å². The van der Waals surface area contributed by atoms with Crippen molar-refractivity contribution in [1.82, 2.24) is 5.32 Å². The Morgan fingerprint density at radius 1 is 1.32 bits per heavy atom. The number of nitrogens with one attached hydrogen (secondary N) is 1. The minimum Gasteiger partial charge on any atom is -0.479 e. The summed E-state index contributed by atoms with van der Waals surface area (Å²) in [6.45, 7) is 6.08. The fourth-order valence-corrected chi connectivity index (χ4v) is 3.64. The van der Waals surface area contributed by atoms with Crippen LogP contribution in [-0.4, -0.2) is 47.9 Å². The van der Waals surface area contributed by atoms with Gasteiger partial charge in [0.05, 0.1) is 18.1 Å². The van der Waals surface area contributed by atoms with E-state index in [1.54, 1.807) is 7.11 Å². The molecule has 126 valence electrons. The maximum atomic E-state index is 12.4. The van der Waals surface area contributed by atoms with Crippen molar-refractivity contribution in [3.05, 3.63) is 0 Å². The number of hydrogen-bond acceptors (Lipinski definition) is 4. The van der Waals surface area contributed by atoms with Gasteiger partial charge in [0.25, 0.3) is 0 Å². The molecule has 2 N–H and O–H groups in total. The summed E-state index contributed by atoms with van der Waals surface area (Å²) in [7, 11) is 1.61. The number of methoxy groups -OCH3 is 1. The second-order valence-corrected chi connectivity index (χ2v) is 7.05. The van der Waals surface area contributed by atoms with E-state index in [1.165, 1.54) is 0 Å². The third-order valence-corrected chi connectivity index (χ3v) is 5.66. The molecule has 1 amide bonds. The van der Waals surface area contributed by atoms with Gasteiger partial charge < -0.3 is 19.9 Å². The molecule has 0 aromatic carbocycles. The van der Waals surface area contributed by atoms with Crippen molar-refractivity contribution < 1.29 is 24.2 Å². The fourth-order valence-electron chi connectivity index (χ4n) is 3.64. The first-order valence-corrected chi connectivity index (χ1v) is 7.94. The summed E-state index contributed by atoms with van der Waals surface area (Å²) in [4.78, 5) is 24.2. The Balaban J connectivity index is 2.07. The zero-order valence-corrected chi connectivity index (χ0v) is 13.9. The van der Waals surface area contributed by atoms with E-state index in [-0.39, 0.29) is 18.4 Å². The number of ether oxygens (including phenoxy) is 2. The lowest BCUT2D eigenvalue weighted by atomic mass is 9.54. The number of carbonyl (C=O) groups is 2. The van der Waals surface area contributed by atoms with Crippen LogP contribution < -0.4 is 5.32 Å². The van der Waals surface area contributed by atoms with Crippen LogP contribution in [0, 0.1) is 5.41 Å². The van der Waals surface area contributed by atoms with Crippen LogP contribution in [0.25, 0.3) is 0 Å². The first kappa shape index (κ1) is 17.2. The van der Waals surface area contributed by atoms with Crippen LogP contribution in [0.2, 0.25) is 0 Å². The van der Waals surface area contributed by atoms with Crippen LogP contribution in [0.15, 0.2) is 0 Å². The van der Waals surface area contributed by atoms with E-state index >= 15 is 0 Å². The molecule has 2 fully saturated rings. The molecule has 2 unspecified atom stereocenters. The van der Waals surface area contributed by atoms with E-state index in [4.69, 9.17) is 9.47 Å². The van der Waals surface area contributed by atoms with Gasteiger partial charge in [0, 0.05) is 25.6 Å². The van der Waals surface area contributed by atoms with Crippen molar-refractivity contribution in [2.75, 3.05) is 13.7 Å². The summed E-state index contributed by atoms with van der Waals surface area (Å²) >= 11 is 0. The van der Waals surface area contributed by atoms with E-state index in [9.17, 15) is 14.7 Å². The highest BCUT2D eigenvalue weighted by Gasteiger charge is 2.66. The maximum absolute atomic E-state index is 12.4. The summed E-state index contributed by atoms with van der Waals surface area (Å²) in [5.41, 5.74) is -2.32. The molecule has 0 heterocycles. The van der Waals surface area contributed by atoms with Crippen LogP contribution in [0.1, 0.15) is 52.9 Å². The lowest BCUT2D eigenvalue weighted by Crippen LogP contribution is -2.76. The minimum atomic E-state index is -1.26. The van der Waals surface area contributed by atoms with Crippen molar-refractivity contribution in [3.8, 4) is 0 Å². The van der Waals surface area contributed by atoms with E-state index in [0.29, 0.717) is 13.0 Å². The topological polar surface area (TPSA) is 84.9 Å². The Labute approximate surface area is 131 Å². The number of carbonyl (C=O) groups excluding carboxylic acids is 1. The first-order chi connectivity index (χ1) is 10.2. The number of carboxylic acid groups (broad SMARTS) is 1. The fraction of sp³-hybridized carbons (Fsp3) is 0.875. The number of hydrogen-bond donors (Lipinski definition) is 2. The van der Waals surface area contributed by atoms with Gasteiger partial charge >= 0.3 is 5.97 Å². The smallest absolute Gasteiger partial charge is 0.330 e. The first-order valence-electron chi connectivity index (χ1n) is 7.94. The number of carboxylic acids is 1.